The maximum Gasteiger partial charge on any atom is 0.240 e. The van der Waals surface area contributed by atoms with Crippen LogP contribution in [0.25, 0.3) is 0 Å². The highest BCUT2D eigenvalue weighted by Gasteiger charge is 2.28. The number of carbonyl (C=O) groups excluding carboxylic acids is 1. The molecule has 1 saturated carbocycles. The van der Waals surface area contributed by atoms with Crippen LogP contribution in [0, 0.1) is 11.8 Å². The molecule has 1 N–H and O–H groups in total. The molecule has 7 heteroatoms. The van der Waals surface area contributed by atoms with Crippen molar-refractivity contribution in [3.63, 3.8) is 0 Å². The summed E-state index contributed by atoms with van der Waals surface area (Å²) in [6, 6.07) is 6.37. The molecule has 1 aliphatic carbocycles. The average Bonchev–Trinajstić information content (AvgIpc) is 2.70. The lowest BCUT2D eigenvalue weighted by molar-refractivity contribution is -0.135. The van der Waals surface area contributed by atoms with Gasteiger partial charge in [0.05, 0.1) is 12.0 Å². The molecule has 0 spiro atoms. The first-order valence-electron chi connectivity index (χ1n) is 9.76. The fourth-order valence-electron chi connectivity index (χ4n) is 3.50. The van der Waals surface area contributed by atoms with E-state index in [1.165, 1.54) is 0 Å². The second kappa shape index (κ2) is 10.1. The number of amides is 1. The van der Waals surface area contributed by atoms with Gasteiger partial charge in [0.15, 0.2) is 0 Å². The first kappa shape index (κ1) is 21.7. The maximum absolute atomic E-state index is 12.5. The third-order valence-corrected chi connectivity index (χ3v) is 6.79. The lowest BCUT2D eigenvalue weighted by atomic mass is 9.81. The van der Waals surface area contributed by atoms with Crippen LogP contribution in [0.2, 0.25) is 0 Å². The Bertz CT molecular complexity index is 695. The van der Waals surface area contributed by atoms with Gasteiger partial charge in [-0.05, 0) is 62.3 Å². The van der Waals surface area contributed by atoms with Gasteiger partial charge in [0.1, 0.15) is 5.75 Å². The quantitative estimate of drug-likeness (QED) is 0.696. The number of methoxy groups -OCH3 is 1. The molecule has 1 aliphatic rings. The Kier molecular flexibility index (Phi) is 8.10. The van der Waals surface area contributed by atoms with Crippen LogP contribution in [-0.2, 0) is 14.8 Å². The number of rotatable bonds is 9. The van der Waals surface area contributed by atoms with E-state index in [-0.39, 0.29) is 22.6 Å². The summed E-state index contributed by atoms with van der Waals surface area (Å²) >= 11 is 0. The Hall–Kier alpha value is -1.60. The SMILES string of the molecule is CCCCN(C)C(=O)C1CCC(CNS(=O)(=O)c2ccc(OC)cc2)CC1. The van der Waals surface area contributed by atoms with Crippen molar-refractivity contribution in [3.8, 4) is 5.75 Å². The molecule has 0 unspecified atom stereocenters. The van der Waals surface area contributed by atoms with Gasteiger partial charge in [-0.15, -0.1) is 0 Å². The van der Waals surface area contributed by atoms with Crippen LogP contribution in [0.4, 0.5) is 0 Å². The van der Waals surface area contributed by atoms with E-state index in [0.717, 1.165) is 45.1 Å². The summed E-state index contributed by atoms with van der Waals surface area (Å²) in [5.41, 5.74) is 0. The molecular formula is C20H32N2O4S. The van der Waals surface area contributed by atoms with Gasteiger partial charge in [-0.1, -0.05) is 13.3 Å². The maximum atomic E-state index is 12.5. The number of sulfonamides is 1. The summed E-state index contributed by atoms with van der Waals surface area (Å²) in [7, 11) is -0.0909. The first-order chi connectivity index (χ1) is 12.9. The summed E-state index contributed by atoms with van der Waals surface area (Å²) in [5.74, 6) is 1.23. The Balaban J connectivity index is 1.80. The van der Waals surface area contributed by atoms with Gasteiger partial charge in [0.2, 0.25) is 15.9 Å². The highest BCUT2D eigenvalue weighted by molar-refractivity contribution is 7.89. The summed E-state index contributed by atoms with van der Waals surface area (Å²) in [6.45, 7) is 3.36. The Labute approximate surface area is 163 Å². The van der Waals surface area contributed by atoms with Crippen molar-refractivity contribution >= 4 is 15.9 Å². The highest BCUT2D eigenvalue weighted by atomic mass is 32.2. The third kappa shape index (κ3) is 6.21. The standard InChI is InChI=1S/C20H32N2O4S/c1-4-5-14-22(2)20(23)17-8-6-16(7-9-17)15-21-27(24,25)19-12-10-18(26-3)11-13-19/h10-13,16-17,21H,4-9,14-15H2,1-3H3. The molecule has 0 atom stereocenters. The zero-order chi connectivity index (χ0) is 19.9. The average molecular weight is 397 g/mol. The van der Waals surface area contributed by atoms with Crippen molar-refractivity contribution in [2.75, 3.05) is 27.2 Å². The number of hydrogen-bond donors (Lipinski definition) is 1. The van der Waals surface area contributed by atoms with Crippen molar-refractivity contribution in [3.05, 3.63) is 24.3 Å². The van der Waals surface area contributed by atoms with E-state index < -0.39 is 10.0 Å². The van der Waals surface area contributed by atoms with Crippen molar-refractivity contribution < 1.29 is 17.9 Å². The Morgan fingerprint density at radius 3 is 2.37 bits per heavy atom. The summed E-state index contributed by atoms with van der Waals surface area (Å²) in [6.07, 6.45) is 5.55. The van der Waals surface area contributed by atoms with E-state index in [1.807, 2.05) is 11.9 Å². The van der Waals surface area contributed by atoms with Crippen molar-refractivity contribution in [1.82, 2.24) is 9.62 Å². The van der Waals surface area contributed by atoms with Gasteiger partial charge in [-0.2, -0.15) is 0 Å². The molecule has 6 nitrogen and oxygen atoms in total. The molecule has 1 fully saturated rings. The number of nitrogens with zero attached hydrogens (tertiary/aromatic N) is 1. The van der Waals surface area contributed by atoms with Crippen LogP contribution in [0.1, 0.15) is 45.4 Å². The summed E-state index contributed by atoms with van der Waals surface area (Å²) < 4.78 is 32.6. The van der Waals surface area contributed by atoms with Crippen LogP contribution in [0.3, 0.4) is 0 Å². The normalized spacial score (nSPS) is 20.3. The topological polar surface area (TPSA) is 75.7 Å². The van der Waals surface area contributed by atoms with Crippen LogP contribution in [-0.4, -0.2) is 46.5 Å². The lowest BCUT2D eigenvalue weighted by Crippen LogP contribution is -2.37. The van der Waals surface area contributed by atoms with Gasteiger partial charge in [-0.3, -0.25) is 4.79 Å². The van der Waals surface area contributed by atoms with Crippen molar-refractivity contribution in [2.45, 2.75) is 50.3 Å². The van der Waals surface area contributed by atoms with Crippen LogP contribution >= 0.6 is 0 Å². The van der Waals surface area contributed by atoms with Gasteiger partial charge in [-0.25, -0.2) is 13.1 Å². The Morgan fingerprint density at radius 1 is 1.19 bits per heavy atom. The molecule has 0 heterocycles. The third-order valence-electron chi connectivity index (χ3n) is 5.35. The number of carbonyl (C=O) groups is 1. The Morgan fingerprint density at radius 2 is 1.81 bits per heavy atom. The number of hydrogen-bond acceptors (Lipinski definition) is 4. The molecular weight excluding hydrogens is 364 g/mol. The number of nitrogens with one attached hydrogen (secondary N) is 1. The van der Waals surface area contributed by atoms with Gasteiger partial charge in [0.25, 0.3) is 0 Å². The monoisotopic (exact) mass is 396 g/mol. The van der Waals surface area contributed by atoms with Gasteiger partial charge < -0.3 is 9.64 Å². The van der Waals surface area contributed by atoms with E-state index in [2.05, 4.69) is 11.6 Å². The van der Waals surface area contributed by atoms with Gasteiger partial charge in [0, 0.05) is 26.1 Å². The molecule has 27 heavy (non-hydrogen) atoms. The predicted molar refractivity (Wildman–Crippen MR) is 106 cm³/mol. The molecule has 1 aromatic rings. The molecule has 0 aromatic heterocycles. The number of unbranched alkanes of at least 4 members (excludes halogenated alkanes) is 1. The van der Waals surface area contributed by atoms with Crippen molar-refractivity contribution in [2.24, 2.45) is 11.8 Å². The highest BCUT2D eigenvalue weighted by Crippen LogP contribution is 2.30. The second-order valence-electron chi connectivity index (χ2n) is 7.36. The van der Waals surface area contributed by atoms with Crippen LogP contribution in [0.5, 0.6) is 5.75 Å². The van der Waals surface area contributed by atoms with E-state index in [9.17, 15) is 13.2 Å². The zero-order valence-electron chi connectivity index (χ0n) is 16.6. The second-order valence-corrected chi connectivity index (χ2v) is 9.13. The molecule has 0 radical (unpaired) electrons. The molecule has 0 aliphatic heterocycles. The predicted octanol–water partition coefficient (Wildman–Crippen LogP) is 3.04. The largest absolute Gasteiger partial charge is 0.497 e. The lowest BCUT2D eigenvalue weighted by Gasteiger charge is -2.30. The number of benzene rings is 1. The van der Waals surface area contributed by atoms with Gasteiger partial charge >= 0.3 is 0 Å². The summed E-state index contributed by atoms with van der Waals surface area (Å²) in [4.78, 5) is 14.6. The van der Waals surface area contributed by atoms with Crippen LogP contribution in [0.15, 0.2) is 29.2 Å². The smallest absolute Gasteiger partial charge is 0.240 e. The minimum Gasteiger partial charge on any atom is -0.497 e. The molecule has 0 saturated heterocycles. The first-order valence-corrected chi connectivity index (χ1v) is 11.2. The molecule has 1 aromatic carbocycles. The van der Waals surface area contributed by atoms with E-state index in [4.69, 9.17) is 4.74 Å². The van der Waals surface area contributed by atoms with E-state index in [1.54, 1.807) is 31.4 Å². The van der Waals surface area contributed by atoms with Crippen molar-refractivity contribution in [1.29, 1.82) is 0 Å². The minimum absolute atomic E-state index is 0.0845. The molecule has 0 bridgehead atoms. The fourth-order valence-corrected chi connectivity index (χ4v) is 4.61. The fraction of sp³-hybridized carbons (Fsp3) is 0.650. The number of ether oxygens (including phenoxy) is 1. The molecule has 152 valence electrons. The minimum atomic E-state index is -3.52. The summed E-state index contributed by atoms with van der Waals surface area (Å²) in [5, 5.41) is 0. The zero-order valence-corrected chi connectivity index (χ0v) is 17.4. The molecule has 2 rings (SSSR count). The van der Waals surface area contributed by atoms with Crippen LogP contribution < -0.4 is 9.46 Å². The van der Waals surface area contributed by atoms with E-state index in [0.29, 0.717) is 12.3 Å². The van der Waals surface area contributed by atoms with E-state index >= 15 is 0 Å². The molecule has 1 amide bonds.